The molecule has 6 rings (SSSR count). The minimum Gasteiger partial charge on any atom is -0.504 e. The Hall–Kier alpha value is -2.53. The summed E-state index contributed by atoms with van der Waals surface area (Å²) in [6.07, 6.45) is 21.5. The molecule has 7 N–H and O–H groups in total. The summed E-state index contributed by atoms with van der Waals surface area (Å²) in [5.41, 5.74) is 4.64. The Morgan fingerprint density at radius 1 is 1.11 bits per heavy atom. The molecular weight excluding hydrogens is 666 g/mol. The van der Waals surface area contributed by atoms with E-state index in [2.05, 4.69) is 36.6 Å². The fourth-order valence-electron chi connectivity index (χ4n) is 10.5. The normalized spacial score (nSPS) is 26.6. The average Bonchev–Trinajstić information content (AvgIpc) is 3.97. The lowest BCUT2D eigenvalue weighted by atomic mass is 9.65. The monoisotopic (exact) mass is 735 g/mol. The Kier molecular flexibility index (Phi) is 14.3. The van der Waals surface area contributed by atoms with Gasteiger partial charge < -0.3 is 35.2 Å². The van der Waals surface area contributed by atoms with Gasteiger partial charge >= 0.3 is 0 Å². The fraction of sp³-hybridized carbons (Fsp3) is 0.705. The Labute approximate surface area is 318 Å². The number of aryl methyl sites for hydroxylation is 1. The summed E-state index contributed by atoms with van der Waals surface area (Å²) in [5, 5.41) is 48.4. The molecule has 3 aliphatic carbocycles. The van der Waals surface area contributed by atoms with Crippen molar-refractivity contribution in [2.24, 2.45) is 28.2 Å². The highest BCUT2D eigenvalue weighted by Crippen LogP contribution is 2.61. The third-order valence-electron chi connectivity index (χ3n) is 13.0. The second-order valence-electron chi connectivity index (χ2n) is 16.7. The summed E-state index contributed by atoms with van der Waals surface area (Å²) < 4.78 is 11.3. The van der Waals surface area contributed by atoms with Gasteiger partial charge in [0.05, 0.1) is 18.1 Å². The number of nitrogens with zero attached hydrogens (tertiary/aromatic N) is 1. The first-order valence-electron chi connectivity index (χ1n) is 21.0. The zero-order valence-electron chi connectivity index (χ0n) is 32.7. The summed E-state index contributed by atoms with van der Waals surface area (Å²) in [6.45, 7) is 7.99. The van der Waals surface area contributed by atoms with E-state index in [4.69, 9.17) is 14.5 Å². The van der Waals surface area contributed by atoms with Crippen molar-refractivity contribution in [1.29, 1.82) is 0 Å². The number of hydrogen-bond acceptors (Lipinski definition) is 8. The second kappa shape index (κ2) is 18.9. The minimum absolute atomic E-state index is 0.0551. The number of benzene rings is 1. The van der Waals surface area contributed by atoms with E-state index in [0.717, 1.165) is 80.8 Å². The maximum absolute atomic E-state index is 10.9. The summed E-state index contributed by atoms with van der Waals surface area (Å²) in [5.74, 6) is 3.50. The molecule has 1 aromatic carbocycles. The molecule has 53 heavy (non-hydrogen) atoms. The van der Waals surface area contributed by atoms with E-state index in [1.807, 2.05) is 19.1 Å². The molecule has 1 aromatic rings. The molecule has 1 unspecified atom stereocenters. The van der Waals surface area contributed by atoms with Gasteiger partial charge in [0, 0.05) is 38.6 Å². The van der Waals surface area contributed by atoms with E-state index < -0.39 is 6.10 Å². The number of aliphatic hydroxyl groups excluding tert-OH is 3. The van der Waals surface area contributed by atoms with Crippen LogP contribution in [0.3, 0.4) is 0 Å². The molecule has 9 heteroatoms. The van der Waals surface area contributed by atoms with E-state index in [-0.39, 0.29) is 43.1 Å². The number of likely N-dealkylation sites (N-methyl/N-ethyl adjacent to an activating group) is 1. The topological polar surface area (TPSA) is 139 Å². The van der Waals surface area contributed by atoms with Crippen molar-refractivity contribution in [2.75, 3.05) is 32.9 Å². The number of allylic oxidation sites excluding steroid dienone is 1. The maximum Gasteiger partial charge on any atom is 0.196 e. The summed E-state index contributed by atoms with van der Waals surface area (Å²) >= 11 is 0. The average molecular weight is 735 g/mol. The predicted octanol–water partition coefficient (Wildman–Crippen LogP) is 6.25. The first-order chi connectivity index (χ1) is 25.8. The number of ether oxygens (including phenoxy) is 2. The molecule has 0 amide bonds. The number of nitrogens with one attached hydrogen (secondary N) is 2. The van der Waals surface area contributed by atoms with Crippen LogP contribution in [0, 0.1) is 35.2 Å². The van der Waals surface area contributed by atoms with Gasteiger partial charge in [0.25, 0.3) is 0 Å². The molecule has 2 aliphatic heterocycles. The molecule has 0 aromatic heterocycles. The first-order valence-corrected chi connectivity index (χ1v) is 21.0. The molecule has 5 aliphatic rings. The van der Waals surface area contributed by atoms with Crippen molar-refractivity contribution in [3.8, 4) is 11.5 Å². The van der Waals surface area contributed by atoms with Crippen molar-refractivity contribution in [3.05, 3.63) is 59.2 Å². The van der Waals surface area contributed by atoms with Crippen LogP contribution >= 0.6 is 0 Å². The van der Waals surface area contributed by atoms with Gasteiger partial charge in [-0.15, -0.1) is 16.6 Å². The van der Waals surface area contributed by atoms with Crippen LogP contribution in [0.1, 0.15) is 116 Å². The van der Waals surface area contributed by atoms with Crippen molar-refractivity contribution < 1.29 is 29.9 Å². The number of rotatable bonds is 20. The lowest BCUT2D eigenvalue weighted by Gasteiger charge is -2.39. The molecule has 0 bridgehead atoms. The number of aromatic hydroxyl groups is 1. The van der Waals surface area contributed by atoms with Gasteiger partial charge in [-0.25, -0.2) is 0 Å². The van der Waals surface area contributed by atoms with Gasteiger partial charge in [0.15, 0.2) is 23.2 Å². The number of fused-ring (bicyclic) bond motifs is 3. The van der Waals surface area contributed by atoms with Gasteiger partial charge in [0.2, 0.25) is 0 Å². The highest BCUT2D eigenvalue weighted by atomic mass is 16.5. The van der Waals surface area contributed by atoms with Crippen LogP contribution in [0.4, 0.5) is 0 Å². The Morgan fingerprint density at radius 3 is 2.68 bits per heavy atom. The Balaban J connectivity index is 1.20. The standard InChI is InChI=1S/C44H67N3O6/c1-4-6-14-41-31(27-49)23-32(53-41)17-15-30-16-18-40(51)42(22-30)52-28-39(45-5-2)37-24-34-38(47-37)25-44(19-7-8-20-44)35-12-9-11-33(35)43(34)36(13-10-21-48)46-26-29(3)50/h16,18,22-24,29,33,35-36,39,41,43,45-46,48-50,53H,4-15,17,19-21,25-28H2,1-3H3/p+1/t29-,33-,35+,36-,39-,41?,43-/m0/s1. The molecule has 294 valence electrons. The number of aliphatic imine (C=N–C) groups is 1. The van der Waals surface area contributed by atoms with Crippen molar-refractivity contribution in [3.63, 3.8) is 0 Å². The molecule has 3 saturated carbocycles. The van der Waals surface area contributed by atoms with Crippen molar-refractivity contribution >= 4 is 5.71 Å². The lowest BCUT2D eigenvalue weighted by Crippen LogP contribution is -2.46. The third kappa shape index (κ3) is 9.47. The molecule has 0 radical (unpaired) electrons. The van der Waals surface area contributed by atoms with Crippen LogP contribution in [0.25, 0.3) is 0 Å². The first kappa shape index (κ1) is 40.1. The van der Waals surface area contributed by atoms with E-state index in [1.165, 1.54) is 56.6 Å². The van der Waals surface area contributed by atoms with Crippen LogP contribution in [0.5, 0.6) is 11.5 Å². The van der Waals surface area contributed by atoms with Gasteiger partial charge in [-0.3, -0.25) is 5.32 Å². The predicted molar refractivity (Wildman–Crippen MR) is 212 cm³/mol. The Bertz CT molecular complexity index is 1420. The molecular formula is C44H68N3O6+. The van der Waals surface area contributed by atoms with Gasteiger partial charge in [-0.1, -0.05) is 45.6 Å². The van der Waals surface area contributed by atoms with E-state index in [9.17, 15) is 20.4 Å². The zero-order valence-corrected chi connectivity index (χ0v) is 32.7. The summed E-state index contributed by atoms with van der Waals surface area (Å²) in [4.78, 5) is 5.48. The highest BCUT2D eigenvalue weighted by molar-refractivity contribution is 6.03. The second-order valence-corrected chi connectivity index (χ2v) is 16.7. The van der Waals surface area contributed by atoms with Gasteiger partial charge in [-0.05, 0) is 106 Å². The maximum atomic E-state index is 10.9. The SMILES string of the molecule is CCCCC1[OH+][C-](CCc2ccc(O)c(OC[C@H](NCC)C3=C[C+]4C(=N3)CC3(CCCC3)[C@@H]3CCC[C@@H]3[C@@H]4[C@H](CCCO)NC[C@H](C)O)c2)C=C1CO. The fourth-order valence-corrected chi connectivity index (χ4v) is 10.5. The lowest BCUT2D eigenvalue weighted by molar-refractivity contribution is -0.0550. The van der Waals surface area contributed by atoms with Crippen LogP contribution in [0.15, 0.2) is 46.6 Å². The minimum atomic E-state index is -0.439. The number of aliphatic hydroxyl groups is 5. The van der Waals surface area contributed by atoms with Crippen LogP contribution in [-0.4, -0.2) is 88.1 Å². The van der Waals surface area contributed by atoms with Crippen molar-refractivity contribution in [2.45, 2.75) is 141 Å². The quantitative estimate of drug-likeness (QED) is 0.0688. The number of hydrogen-bond donors (Lipinski definition) is 6. The number of phenols is 1. The van der Waals surface area contributed by atoms with Gasteiger partial charge in [-0.2, -0.15) is 0 Å². The molecule has 0 saturated heterocycles. The van der Waals surface area contributed by atoms with E-state index in [1.54, 1.807) is 6.07 Å². The van der Waals surface area contributed by atoms with Crippen LogP contribution < -0.4 is 15.4 Å². The third-order valence-corrected chi connectivity index (χ3v) is 13.0. The molecule has 3 fully saturated rings. The van der Waals surface area contributed by atoms with Crippen molar-refractivity contribution in [1.82, 2.24) is 10.6 Å². The smallest absolute Gasteiger partial charge is 0.196 e. The molecule has 1 spiro atoms. The highest BCUT2D eigenvalue weighted by Gasteiger charge is 2.59. The summed E-state index contributed by atoms with van der Waals surface area (Å²) in [7, 11) is 0. The summed E-state index contributed by atoms with van der Waals surface area (Å²) in [6, 6.07) is 5.64. The molecule has 2 heterocycles. The van der Waals surface area contributed by atoms with E-state index >= 15 is 0 Å². The molecule has 9 nitrogen and oxygen atoms in total. The van der Waals surface area contributed by atoms with Crippen LogP contribution in [0.2, 0.25) is 0 Å². The van der Waals surface area contributed by atoms with E-state index in [0.29, 0.717) is 36.2 Å². The number of phenolic OH excluding ortho intramolecular Hbond substituents is 1. The zero-order chi connectivity index (χ0) is 37.4. The van der Waals surface area contributed by atoms with Gasteiger partial charge in [0.1, 0.15) is 30.4 Å². The Morgan fingerprint density at radius 2 is 1.94 bits per heavy atom. The largest absolute Gasteiger partial charge is 0.504 e. The molecule has 7 atom stereocenters. The number of unbranched alkanes of at least 4 members (excludes halogenated alkanes) is 1. The van der Waals surface area contributed by atoms with Crippen LogP contribution in [-0.2, 0) is 6.42 Å².